The van der Waals surface area contributed by atoms with Gasteiger partial charge in [0.25, 0.3) is 0 Å². The van der Waals surface area contributed by atoms with Gasteiger partial charge in [-0.3, -0.25) is 0 Å². The van der Waals surface area contributed by atoms with Crippen molar-refractivity contribution in [1.29, 1.82) is 0 Å². The number of carbonyl (C=O) groups is 1. The molecule has 0 atom stereocenters. The molecule has 0 bridgehead atoms. The summed E-state index contributed by atoms with van der Waals surface area (Å²) >= 11 is 0. The Hall–Kier alpha value is -1.32. The standard InChI is InChI=1S/C5H6N2O2/c1-5(8)9-7-3-2-6-4-7/h2-4H,1H3. The summed E-state index contributed by atoms with van der Waals surface area (Å²) < 4.78 is 1.24. The fourth-order valence-corrected chi connectivity index (χ4v) is 0.449. The lowest BCUT2D eigenvalue weighted by atomic mass is 10.8. The van der Waals surface area contributed by atoms with E-state index in [9.17, 15) is 4.79 Å². The second kappa shape index (κ2) is 2.30. The Labute approximate surface area is 52.0 Å². The van der Waals surface area contributed by atoms with Gasteiger partial charge in [-0.1, -0.05) is 0 Å². The van der Waals surface area contributed by atoms with Crippen molar-refractivity contribution in [2.45, 2.75) is 6.92 Å². The summed E-state index contributed by atoms with van der Waals surface area (Å²) in [6, 6.07) is 0. The van der Waals surface area contributed by atoms with Gasteiger partial charge >= 0.3 is 5.97 Å². The molecule has 0 radical (unpaired) electrons. The van der Waals surface area contributed by atoms with Gasteiger partial charge in [0.15, 0.2) is 0 Å². The highest BCUT2D eigenvalue weighted by Gasteiger charge is 1.91. The van der Waals surface area contributed by atoms with E-state index in [1.54, 1.807) is 6.20 Å². The average Bonchev–Trinajstić information content (AvgIpc) is 2.15. The number of carbonyl (C=O) groups excluding carboxylic acids is 1. The maximum Gasteiger partial charge on any atom is 0.329 e. The van der Waals surface area contributed by atoms with Gasteiger partial charge in [0.05, 0.1) is 6.20 Å². The molecule has 0 aromatic carbocycles. The van der Waals surface area contributed by atoms with Gasteiger partial charge in [0.1, 0.15) is 6.33 Å². The number of aromatic nitrogens is 2. The molecular formula is C5H6N2O2. The summed E-state index contributed by atoms with van der Waals surface area (Å²) in [7, 11) is 0. The molecular weight excluding hydrogens is 120 g/mol. The quantitative estimate of drug-likeness (QED) is 0.526. The first-order chi connectivity index (χ1) is 4.29. The molecule has 1 aromatic heterocycles. The lowest BCUT2D eigenvalue weighted by Gasteiger charge is -1.96. The van der Waals surface area contributed by atoms with Crippen LogP contribution in [0, 0.1) is 0 Å². The van der Waals surface area contributed by atoms with E-state index in [0.717, 1.165) is 0 Å². The van der Waals surface area contributed by atoms with E-state index < -0.39 is 0 Å². The summed E-state index contributed by atoms with van der Waals surface area (Å²) in [5, 5.41) is 0. The van der Waals surface area contributed by atoms with Gasteiger partial charge in [-0.05, 0) is 0 Å². The first-order valence-corrected chi connectivity index (χ1v) is 2.46. The lowest BCUT2D eigenvalue weighted by Crippen LogP contribution is -2.13. The van der Waals surface area contributed by atoms with Crippen LogP contribution in [0.1, 0.15) is 6.92 Å². The summed E-state index contributed by atoms with van der Waals surface area (Å²) in [4.78, 5) is 18.5. The van der Waals surface area contributed by atoms with Crippen LogP contribution in [0.3, 0.4) is 0 Å². The van der Waals surface area contributed by atoms with Crippen LogP contribution in [0.15, 0.2) is 18.7 Å². The Morgan fingerprint density at radius 2 is 2.56 bits per heavy atom. The number of hydrogen-bond acceptors (Lipinski definition) is 3. The molecule has 48 valence electrons. The van der Waals surface area contributed by atoms with Gasteiger partial charge in [-0.15, -0.1) is 0 Å². The molecule has 0 amide bonds. The summed E-state index contributed by atoms with van der Waals surface area (Å²) in [5.74, 6) is -0.354. The van der Waals surface area contributed by atoms with Crippen molar-refractivity contribution in [1.82, 2.24) is 9.71 Å². The second-order valence-corrected chi connectivity index (χ2v) is 1.51. The second-order valence-electron chi connectivity index (χ2n) is 1.51. The Kier molecular flexibility index (Phi) is 1.48. The van der Waals surface area contributed by atoms with E-state index in [4.69, 9.17) is 0 Å². The van der Waals surface area contributed by atoms with Gasteiger partial charge in [0, 0.05) is 13.1 Å². The molecule has 0 aliphatic carbocycles. The molecule has 0 unspecified atom stereocenters. The smallest absolute Gasteiger partial charge is 0.329 e. The van der Waals surface area contributed by atoms with Crippen molar-refractivity contribution < 1.29 is 9.63 Å². The fourth-order valence-electron chi connectivity index (χ4n) is 0.449. The Balaban J connectivity index is 2.58. The number of nitrogens with zero attached hydrogens (tertiary/aromatic N) is 2. The highest BCUT2D eigenvalue weighted by molar-refractivity contribution is 5.66. The summed E-state index contributed by atoms with van der Waals surface area (Å²) in [6.45, 7) is 1.33. The van der Waals surface area contributed by atoms with Crippen molar-refractivity contribution in [2.75, 3.05) is 0 Å². The zero-order chi connectivity index (χ0) is 6.69. The number of imidazole rings is 1. The van der Waals surface area contributed by atoms with E-state index in [0.29, 0.717) is 0 Å². The predicted octanol–water partition coefficient (Wildman–Crippen LogP) is -0.142. The van der Waals surface area contributed by atoms with Crippen molar-refractivity contribution >= 4 is 5.97 Å². The van der Waals surface area contributed by atoms with E-state index >= 15 is 0 Å². The Bertz CT molecular complexity index is 193. The first kappa shape index (κ1) is 5.81. The summed E-state index contributed by atoms with van der Waals surface area (Å²) in [6.07, 6.45) is 4.48. The minimum absolute atomic E-state index is 0.354. The minimum atomic E-state index is -0.354. The van der Waals surface area contributed by atoms with Crippen LogP contribution in [-0.4, -0.2) is 15.7 Å². The van der Waals surface area contributed by atoms with Crippen LogP contribution in [0.5, 0.6) is 0 Å². The maximum absolute atomic E-state index is 10.2. The molecule has 1 heterocycles. The van der Waals surface area contributed by atoms with Gasteiger partial charge in [0.2, 0.25) is 0 Å². The van der Waals surface area contributed by atoms with E-state index in [1.165, 1.54) is 24.2 Å². The highest BCUT2D eigenvalue weighted by atomic mass is 16.7. The van der Waals surface area contributed by atoms with E-state index in [-0.39, 0.29) is 5.97 Å². The Morgan fingerprint density at radius 3 is 3.00 bits per heavy atom. The number of hydrogen-bond donors (Lipinski definition) is 0. The highest BCUT2D eigenvalue weighted by Crippen LogP contribution is 1.79. The van der Waals surface area contributed by atoms with Crippen LogP contribution in [0.2, 0.25) is 0 Å². The fraction of sp³-hybridized carbons (Fsp3) is 0.200. The van der Waals surface area contributed by atoms with Crippen molar-refractivity contribution in [3.05, 3.63) is 18.7 Å². The van der Waals surface area contributed by atoms with Crippen LogP contribution in [0.25, 0.3) is 0 Å². The molecule has 0 N–H and O–H groups in total. The molecule has 1 rings (SSSR count). The molecule has 4 heteroatoms. The Morgan fingerprint density at radius 1 is 1.78 bits per heavy atom. The third-order valence-corrected chi connectivity index (χ3v) is 0.714. The van der Waals surface area contributed by atoms with Crippen LogP contribution < -0.4 is 4.84 Å². The zero-order valence-electron chi connectivity index (χ0n) is 4.94. The maximum atomic E-state index is 10.2. The van der Waals surface area contributed by atoms with Crippen molar-refractivity contribution in [2.24, 2.45) is 0 Å². The molecule has 0 aliphatic heterocycles. The van der Waals surface area contributed by atoms with Crippen LogP contribution >= 0.6 is 0 Å². The normalized spacial score (nSPS) is 9.00. The summed E-state index contributed by atoms with van der Waals surface area (Å²) in [5.41, 5.74) is 0. The molecule has 1 aromatic rings. The molecule has 0 fully saturated rings. The van der Waals surface area contributed by atoms with Gasteiger partial charge in [-0.2, -0.15) is 4.73 Å². The van der Waals surface area contributed by atoms with Crippen molar-refractivity contribution in [3.63, 3.8) is 0 Å². The molecule has 9 heavy (non-hydrogen) atoms. The topological polar surface area (TPSA) is 44.1 Å². The minimum Gasteiger partial charge on any atom is -0.336 e. The monoisotopic (exact) mass is 126 g/mol. The van der Waals surface area contributed by atoms with Gasteiger partial charge in [-0.25, -0.2) is 9.78 Å². The zero-order valence-corrected chi connectivity index (χ0v) is 4.94. The third kappa shape index (κ3) is 1.56. The van der Waals surface area contributed by atoms with Crippen molar-refractivity contribution in [3.8, 4) is 0 Å². The molecule has 0 spiro atoms. The molecule has 0 aliphatic rings. The van der Waals surface area contributed by atoms with Crippen LogP contribution in [-0.2, 0) is 4.79 Å². The largest absolute Gasteiger partial charge is 0.336 e. The lowest BCUT2D eigenvalue weighted by molar-refractivity contribution is -0.141. The van der Waals surface area contributed by atoms with Crippen LogP contribution in [0.4, 0.5) is 0 Å². The average molecular weight is 126 g/mol. The third-order valence-electron chi connectivity index (χ3n) is 0.714. The predicted molar refractivity (Wildman–Crippen MR) is 29.5 cm³/mol. The van der Waals surface area contributed by atoms with Gasteiger partial charge < -0.3 is 4.84 Å². The SMILES string of the molecule is CC(=O)On1ccnc1. The molecule has 0 saturated carbocycles. The molecule has 4 nitrogen and oxygen atoms in total. The van der Waals surface area contributed by atoms with E-state index in [2.05, 4.69) is 9.82 Å². The first-order valence-electron chi connectivity index (χ1n) is 2.46. The number of rotatable bonds is 1. The molecule has 0 saturated heterocycles. The van der Waals surface area contributed by atoms with E-state index in [1.807, 2.05) is 0 Å².